The van der Waals surface area contributed by atoms with Crippen molar-refractivity contribution in [2.24, 2.45) is 5.92 Å². The molecule has 7 heteroatoms. The predicted molar refractivity (Wildman–Crippen MR) is 186 cm³/mol. The Morgan fingerprint density at radius 3 is 1.98 bits per heavy atom. The number of ether oxygens (including phenoxy) is 1. The van der Waals surface area contributed by atoms with E-state index < -0.39 is 24.1 Å². The SMILES string of the molecule is CCCCCCCCCCCCCCCCCCOC(=O)[C@H](CCc1ccccc1)N[C@@H](C)C(=O)N1[C@H](C(=O)O)C[C@@H]2CCC[C@@H]21. The summed E-state index contributed by atoms with van der Waals surface area (Å²) in [4.78, 5) is 40.5. The maximum Gasteiger partial charge on any atom is 0.326 e. The highest BCUT2D eigenvalue weighted by Gasteiger charge is 2.49. The zero-order chi connectivity index (χ0) is 33.0. The first-order valence-corrected chi connectivity index (χ1v) is 18.9. The molecule has 1 aromatic rings. The van der Waals surface area contributed by atoms with Gasteiger partial charge in [-0.05, 0) is 56.9 Å². The Morgan fingerprint density at radius 2 is 1.41 bits per heavy atom. The Balaban J connectivity index is 1.34. The fraction of sp³-hybridized carbons (Fsp3) is 0.769. The number of rotatable bonds is 25. The van der Waals surface area contributed by atoms with Gasteiger partial charge in [-0.1, -0.05) is 140 Å². The Hall–Kier alpha value is -2.41. The van der Waals surface area contributed by atoms with Crippen LogP contribution in [0.1, 0.15) is 154 Å². The van der Waals surface area contributed by atoms with Crippen LogP contribution < -0.4 is 5.32 Å². The lowest BCUT2D eigenvalue weighted by Crippen LogP contribution is -2.55. The molecule has 260 valence electrons. The number of carbonyl (C=O) groups excluding carboxylic acids is 2. The third-order valence-electron chi connectivity index (χ3n) is 10.3. The number of nitrogens with zero attached hydrogens (tertiary/aromatic N) is 1. The summed E-state index contributed by atoms with van der Waals surface area (Å²) in [6.07, 6.45) is 25.3. The van der Waals surface area contributed by atoms with E-state index in [1.54, 1.807) is 11.8 Å². The van der Waals surface area contributed by atoms with Crippen molar-refractivity contribution in [3.05, 3.63) is 35.9 Å². The number of unbranched alkanes of at least 4 members (excludes halogenated alkanes) is 15. The number of amides is 1. The van der Waals surface area contributed by atoms with Gasteiger partial charge in [-0.15, -0.1) is 0 Å². The Morgan fingerprint density at radius 1 is 0.848 bits per heavy atom. The maximum atomic E-state index is 13.6. The molecule has 1 saturated carbocycles. The molecule has 1 aliphatic carbocycles. The lowest BCUT2D eigenvalue weighted by atomic mass is 10.0. The number of aliphatic carboxylic acids is 1. The Kier molecular flexibility index (Phi) is 18.4. The molecule has 3 rings (SSSR count). The predicted octanol–water partition coefficient (Wildman–Crippen LogP) is 8.62. The number of nitrogens with one attached hydrogen (secondary N) is 1. The van der Waals surface area contributed by atoms with Crippen molar-refractivity contribution in [3.8, 4) is 0 Å². The molecule has 0 aromatic heterocycles. The van der Waals surface area contributed by atoms with Crippen LogP contribution >= 0.6 is 0 Å². The monoisotopic (exact) mass is 640 g/mol. The number of benzene rings is 1. The van der Waals surface area contributed by atoms with Gasteiger partial charge < -0.3 is 14.7 Å². The summed E-state index contributed by atoms with van der Waals surface area (Å²) >= 11 is 0. The van der Waals surface area contributed by atoms with Crippen LogP contribution in [0, 0.1) is 5.92 Å². The normalized spacial score (nSPS) is 20.4. The number of hydrogen-bond acceptors (Lipinski definition) is 5. The molecule has 1 saturated heterocycles. The van der Waals surface area contributed by atoms with Crippen molar-refractivity contribution >= 4 is 17.8 Å². The second-order valence-electron chi connectivity index (χ2n) is 14.0. The molecule has 0 bridgehead atoms. The summed E-state index contributed by atoms with van der Waals surface area (Å²) in [5.41, 5.74) is 1.12. The van der Waals surface area contributed by atoms with Crippen LogP contribution in [0.4, 0.5) is 0 Å². The third kappa shape index (κ3) is 13.4. The Labute approximate surface area is 279 Å². The summed E-state index contributed by atoms with van der Waals surface area (Å²) in [7, 11) is 0. The highest BCUT2D eigenvalue weighted by Crippen LogP contribution is 2.41. The molecule has 0 spiro atoms. The number of hydrogen-bond donors (Lipinski definition) is 2. The van der Waals surface area contributed by atoms with Gasteiger partial charge in [0.1, 0.15) is 12.1 Å². The van der Waals surface area contributed by atoms with Crippen molar-refractivity contribution in [3.63, 3.8) is 0 Å². The molecular formula is C39H64N2O5. The fourth-order valence-corrected chi connectivity index (χ4v) is 7.57. The summed E-state index contributed by atoms with van der Waals surface area (Å²) in [6, 6.07) is 7.91. The first-order valence-electron chi connectivity index (χ1n) is 18.9. The molecule has 1 amide bonds. The number of aryl methyl sites for hydroxylation is 1. The van der Waals surface area contributed by atoms with E-state index in [1.807, 2.05) is 30.3 Å². The smallest absolute Gasteiger partial charge is 0.326 e. The molecule has 2 aliphatic rings. The van der Waals surface area contributed by atoms with Crippen LogP contribution in [0.2, 0.25) is 0 Å². The van der Waals surface area contributed by atoms with Crippen molar-refractivity contribution < 1.29 is 24.2 Å². The van der Waals surface area contributed by atoms with Crippen LogP contribution in [0.3, 0.4) is 0 Å². The minimum Gasteiger partial charge on any atom is -0.480 e. The van der Waals surface area contributed by atoms with Gasteiger partial charge in [-0.25, -0.2) is 4.79 Å². The van der Waals surface area contributed by atoms with E-state index in [4.69, 9.17) is 4.74 Å². The maximum absolute atomic E-state index is 13.6. The van der Waals surface area contributed by atoms with Crippen LogP contribution in [0.5, 0.6) is 0 Å². The number of esters is 1. The first kappa shape index (κ1) is 38.0. The molecular weight excluding hydrogens is 576 g/mol. The van der Waals surface area contributed by atoms with Gasteiger partial charge in [0.2, 0.25) is 5.91 Å². The second kappa shape index (κ2) is 22.2. The minimum absolute atomic E-state index is 0.0116. The molecule has 1 heterocycles. The largest absolute Gasteiger partial charge is 0.480 e. The number of carboxylic acid groups (broad SMARTS) is 1. The molecule has 0 radical (unpaired) electrons. The van der Waals surface area contributed by atoms with E-state index in [2.05, 4.69) is 12.2 Å². The lowest BCUT2D eigenvalue weighted by Gasteiger charge is -2.32. The van der Waals surface area contributed by atoms with Crippen molar-refractivity contribution in [2.45, 2.75) is 179 Å². The summed E-state index contributed by atoms with van der Waals surface area (Å²) in [5.74, 6) is -1.23. The second-order valence-corrected chi connectivity index (χ2v) is 14.0. The van der Waals surface area contributed by atoms with Gasteiger partial charge in [0, 0.05) is 6.04 Å². The quantitative estimate of drug-likeness (QED) is 0.0821. The van der Waals surface area contributed by atoms with E-state index in [0.717, 1.165) is 37.7 Å². The zero-order valence-corrected chi connectivity index (χ0v) is 29.1. The summed E-state index contributed by atoms with van der Waals surface area (Å²) in [6.45, 7) is 4.41. The van der Waals surface area contributed by atoms with Crippen LogP contribution in [0.25, 0.3) is 0 Å². The molecule has 1 aromatic carbocycles. The average molecular weight is 641 g/mol. The van der Waals surface area contributed by atoms with Crippen LogP contribution in [-0.2, 0) is 25.5 Å². The lowest BCUT2D eigenvalue weighted by molar-refractivity contribution is -0.151. The molecule has 0 unspecified atom stereocenters. The molecule has 2 fully saturated rings. The van der Waals surface area contributed by atoms with Crippen molar-refractivity contribution in [1.82, 2.24) is 10.2 Å². The molecule has 5 atom stereocenters. The average Bonchev–Trinajstić information content (AvgIpc) is 3.66. The molecule has 2 N–H and O–H groups in total. The molecule has 46 heavy (non-hydrogen) atoms. The van der Waals surface area contributed by atoms with Gasteiger partial charge in [0.15, 0.2) is 0 Å². The van der Waals surface area contributed by atoms with Gasteiger partial charge >= 0.3 is 11.9 Å². The van der Waals surface area contributed by atoms with Gasteiger partial charge in [-0.2, -0.15) is 0 Å². The van der Waals surface area contributed by atoms with Crippen LogP contribution in [0.15, 0.2) is 30.3 Å². The highest BCUT2D eigenvalue weighted by molar-refractivity contribution is 5.88. The van der Waals surface area contributed by atoms with E-state index >= 15 is 0 Å². The van der Waals surface area contributed by atoms with E-state index in [-0.39, 0.29) is 23.8 Å². The minimum atomic E-state index is -0.936. The summed E-state index contributed by atoms with van der Waals surface area (Å²) < 4.78 is 5.73. The van der Waals surface area contributed by atoms with E-state index in [0.29, 0.717) is 25.9 Å². The number of likely N-dealkylation sites (tertiary alicyclic amines) is 1. The Bertz CT molecular complexity index is 1000. The standard InChI is InChI=1S/C39H64N2O5/c1-3-4-5-6-7-8-9-10-11-12-13-14-15-16-17-21-29-46-39(45)34(28-27-32-23-19-18-20-24-32)40-31(2)37(42)41-35-26-22-25-33(35)30-36(41)38(43)44/h18-20,23-24,31,33-36,40H,3-17,21-22,25-30H2,1-2H3,(H,43,44)/t31-,33-,34-,35-,36-/m0/s1. The number of fused-ring (bicyclic) bond motifs is 1. The highest BCUT2D eigenvalue weighted by atomic mass is 16.5. The van der Waals surface area contributed by atoms with Gasteiger partial charge in [-0.3, -0.25) is 14.9 Å². The van der Waals surface area contributed by atoms with Gasteiger partial charge in [0.25, 0.3) is 0 Å². The van der Waals surface area contributed by atoms with E-state index in [1.165, 1.54) is 89.9 Å². The van der Waals surface area contributed by atoms with Crippen molar-refractivity contribution in [2.75, 3.05) is 6.61 Å². The van der Waals surface area contributed by atoms with Crippen LogP contribution in [-0.4, -0.2) is 58.6 Å². The molecule has 1 aliphatic heterocycles. The van der Waals surface area contributed by atoms with E-state index in [9.17, 15) is 19.5 Å². The van der Waals surface area contributed by atoms with Crippen molar-refractivity contribution in [1.29, 1.82) is 0 Å². The molecule has 7 nitrogen and oxygen atoms in total. The number of carbonyl (C=O) groups is 3. The third-order valence-corrected chi connectivity index (χ3v) is 10.3. The first-order chi connectivity index (χ1) is 22.4. The van der Waals surface area contributed by atoms with Gasteiger partial charge in [0.05, 0.1) is 12.6 Å². The fourth-order valence-electron chi connectivity index (χ4n) is 7.57. The summed E-state index contributed by atoms with van der Waals surface area (Å²) in [5, 5.41) is 13.1. The topological polar surface area (TPSA) is 95.9 Å². The zero-order valence-electron chi connectivity index (χ0n) is 29.1. The number of carboxylic acids is 1.